The van der Waals surface area contributed by atoms with Crippen LogP contribution in [0.3, 0.4) is 0 Å². The molecule has 1 amide bonds. The zero-order valence-corrected chi connectivity index (χ0v) is 21.0. The number of nitrogens with zero attached hydrogens (tertiary/aromatic N) is 1. The topological polar surface area (TPSA) is 127 Å². The van der Waals surface area contributed by atoms with Crippen LogP contribution < -0.4 is 26.5 Å². The van der Waals surface area contributed by atoms with Crippen LogP contribution in [0.15, 0.2) is 77.6 Å². The molecule has 0 saturated carbocycles. The van der Waals surface area contributed by atoms with E-state index in [9.17, 15) is 14.4 Å². The Balaban J connectivity index is 0.00000186. The van der Waals surface area contributed by atoms with Gasteiger partial charge in [0, 0.05) is 29.5 Å². The third kappa shape index (κ3) is 6.62. The van der Waals surface area contributed by atoms with E-state index in [0.29, 0.717) is 47.2 Å². The van der Waals surface area contributed by atoms with Gasteiger partial charge in [0.2, 0.25) is 0 Å². The van der Waals surface area contributed by atoms with Crippen LogP contribution in [0.4, 0.5) is 0 Å². The fourth-order valence-electron chi connectivity index (χ4n) is 4.16. The number of aryl methyl sites for hydroxylation is 1. The Morgan fingerprint density at radius 3 is 2.16 bits per heavy atom. The van der Waals surface area contributed by atoms with Gasteiger partial charge in [-0.2, -0.15) is 0 Å². The van der Waals surface area contributed by atoms with E-state index in [0.717, 1.165) is 16.7 Å². The third-order valence-corrected chi connectivity index (χ3v) is 5.77. The van der Waals surface area contributed by atoms with Gasteiger partial charge >= 0.3 is 0 Å². The molecule has 1 aromatic heterocycles. The highest BCUT2D eigenvalue weighted by Gasteiger charge is 2.20. The molecule has 0 unspecified atom stereocenters. The number of aromatic nitrogens is 1. The quantitative estimate of drug-likeness (QED) is 0.322. The summed E-state index contributed by atoms with van der Waals surface area (Å²) in [6, 6.07) is 22.8. The number of pyridine rings is 1. The monoisotopic (exact) mass is 501 g/mol. The number of ether oxygens (including phenoxy) is 2. The van der Waals surface area contributed by atoms with E-state index in [4.69, 9.17) is 15.2 Å². The molecule has 3 aromatic carbocycles. The van der Waals surface area contributed by atoms with Crippen molar-refractivity contribution in [3.05, 3.63) is 105 Å². The van der Waals surface area contributed by atoms with E-state index >= 15 is 0 Å². The fraction of sp³-hybridized carbons (Fsp3) is 0.207. The molecular weight excluding hydrogens is 470 g/mol. The maximum Gasteiger partial charge on any atom is 0.255 e. The number of hydrogen-bond acceptors (Lipinski definition) is 6. The molecule has 0 fully saturated rings. The van der Waals surface area contributed by atoms with Gasteiger partial charge < -0.3 is 25.5 Å². The Bertz CT molecular complexity index is 1420. The number of carbonyl (C=O) groups excluding carboxylic acids is 2. The van der Waals surface area contributed by atoms with Gasteiger partial charge in [0.15, 0.2) is 12.9 Å². The first-order valence-electron chi connectivity index (χ1n) is 11.8. The van der Waals surface area contributed by atoms with E-state index < -0.39 is 5.91 Å². The van der Waals surface area contributed by atoms with Gasteiger partial charge in [0.05, 0.1) is 12.1 Å². The Labute approximate surface area is 215 Å². The molecule has 4 aromatic rings. The minimum atomic E-state index is -0.628. The van der Waals surface area contributed by atoms with Crippen LogP contribution in [-0.4, -0.2) is 37.0 Å². The molecule has 0 saturated heterocycles. The summed E-state index contributed by atoms with van der Waals surface area (Å²) in [6.45, 7) is 1.71. The molecule has 0 spiro atoms. The average molecular weight is 502 g/mol. The molecule has 192 valence electrons. The summed E-state index contributed by atoms with van der Waals surface area (Å²) in [5.41, 5.74) is 13.6. The molecule has 0 radical (unpaired) electrons. The van der Waals surface area contributed by atoms with Crippen LogP contribution in [0, 0.1) is 6.92 Å². The molecule has 4 N–H and O–H groups in total. The molecule has 1 heterocycles. The molecule has 8 heteroatoms. The molecule has 0 aliphatic rings. The molecule has 0 atom stereocenters. The molecule has 37 heavy (non-hydrogen) atoms. The zero-order valence-electron chi connectivity index (χ0n) is 21.0. The summed E-state index contributed by atoms with van der Waals surface area (Å²) >= 11 is 0. The number of fused-ring (bicyclic) bond motifs is 1. The summed E-state index contributed by atoms with van der Waals surface area (Å²) in [5, 5.41) is 0.708. The summed E-state index contributed by atoms with van der Waals surface area (Å²) in [6.07, 6.45) is 1.10. The lowest BCUT2D eigenvalue weighted by molar-refractivity contribution is -0.120. The van der Waals surface area contributed by atoms with E-state index in [-0.39, 0.29) is 18.8 Å². The first kappa shape index (κ1) is 27.2. The SMILES string of the molecule is CN.Cc1c(Cc2ccccc2)c(=O)n(Cc2ccccc2)c2cc(OCC(N)=O)cc(OCC=O)c12. The van der Waals surface area contributed by atoms with Gasteiger partial charge in [-0.05, 0) is 30.7 Å². The van der Waals surface area contributed by atoms with E-state index in [1.807, 2.05) is 67.6 Å². The van der Waals surface area contributed by atoms with Crippen LogP contribution in [0.25, 0.3) is 10.9 Å². The van der Waals surface area contributed by atoms with Gasteiger partial charge in [0.1, 0.15) is 18.1 Å². The minimum Gasteiger partial charge on any atom is -0.485 e. The average Bonchev–Trinajstić information content (AvgIpc) is 2.93. The molecule has 0 bridgehead atoms. The second kappa shape index (κ2) is 13.0. The molecule has 8 nitrogen and oxygen atoms in total. The van der Waals surface area contributed by atoms with Crippen molar-refractivity contribution in [3.8, 4) is 11.5 Å². The van der Waals surface area contributed by atoms with E-state index in [2.05, 4.69) is 5.73 Å². The first-order chi connectivity index (χ1) is 18.0. The van der Waals surface area contributed by atoms with Crippen LogP contribution in [0.2, 0.25) is 0 Å². The lowest BCUT2D eigenvalue weighted by Gasteiger charge is -2.20. The van der Waals surface area contributed by atoms with Gasteiger partial charge in [-0.15, -0.1) is 0 Å². The van der Waals surface area contributed by atoms with E-state index in [1.54, 1.807) is 16.7 Å². The van der Waals surface area contributed by atoms with Crippen LogP contribution in [0.5, 0.6) is 11.5 Å². The van der Waals surface area contributed by atoms with Gasteiger partial charge in [-0.3, -0.25) is 14.4 Å². The number of rotatable bonds is 10. The maximum absolute atomic E-state index is 13.9. The van der Waals surface area contributed by atoms with Gasteiger partial charge in [-0.1, -0.05) is 60.7 Å². The molecule has 4 rings (SSSR count). The van der Waals surface area contributed by atoms with Crippen LogP contribution in [-0.2, 0) is 22.6 Å². The number of hydrogen-bond donors (Lipinski definition) is 2. The highest BCUT2D eigenvalue weighted by Crippen LogP contribution is 2.35. The number of benzene rings is 3. The Morgan fingerprint density at radius 2 is 1.57 bits per heavy atom. The maximum atomic E-state index is 13.9. The zero-order chi connectivity index (χ0) is 26.8. The predicted octanol–water partition coefficient (Wildman–Crippen LogP) is 2.97. The Hall–Kier alpha value is -4.43. The standard InChI is InChI=1S/C28H26N2O5.CH5N/c1-19-23(14-20-8-4-2-5-9-20)28(33)30(17-21-10-6-3-7-11-21)24-15-22(35-18-26(29)32)16-25(27(19)24)34-13-12-31;1-2/h2-12,15-16H,13-14,17-18H2,1H3,(H2,29,32);2H2,1H3. The van der Waals surface area contributed by atoms with Crippen LogP contribution >= 0.6 is 0 Å². The van der Waals surface area contributed by atoms with Gasteiger partial charge in [-0.25, -0.2) is 0 Å². The smallest absolute Gasteiger partial charge is 0.255 e. The molecule has 0 aliphatic heterocycles. The second-order valence-electron chi connectivity index (χ2n) is 8.19. The lowest BCUT2D eigenvalue weighted by Crippen LogP contribution is -2.27. The van der Waals surface area contributed by atoms with Crippen molar-refractivity contribution in [1.29, 1.82) is 0 Å². The van der Waals surface area contributed by atoms with Crippen molar-refractivity contribution < 1.29 is 19.1 Å². The summed E-state index contributed by atoms with van der Waals surface area (Å²) in [5.74, 6) is 0.0767. The van der Waals surface area contributed by atoms with Crippen molar-refractivity contribution in [2.45, 2.75) is 19.9 Å². The normalized spacial score (nSPS) is 10.4. The largest absolute Gasteiger partial charge is 0.485 e. The van der Waals surface area contributed by atoms with Crippen molar-refractivity contribution in [1.82, 2.24) is 4.57 Å². The van der Waals surface area contributed by atoms with Crippen molar-refractivity contribution >= 4 is 23.1 Å². The number of amides is 1. The second-order valence-corrected chi connectivity index (χ2v) is 8.19. The summed E-state index contributed by atoms with van der Waals surface area (Å²) < 4.78 is 13.0. The first-order valence-corrected chi connectivity index (χ1v) is 11.8. The Kier molecular flexibility index (Phi) is 9.57. The molecular formula is C29H31N3O5. The van der Waals surface area contributed by atoms with Crippen molar-refractivity contribution in [2.24, 2.45) is 11.5 Å². The van der Waals surface area contributed by atoms with Crippen molar-refractivity contribution in [3.63, 3.8) is 0 Å². The number of aldehydes is 1. The highest BCUT2D eigenvalue weighted by molar-refractivity contribution is 5.91. The molecule has 0 aliphatic carbocycles. The Morgan fingerprint density at radius 1 is 0.946 bits per heavy atom. The number of carbonyl (C=O) groups is 2. The third-order valence-electron chi connectivity index (χ3n) is 5.77. The summed E-state index contributed by atoms with van der Waals surface area (Å²) in [7, 11) is 1.50. The number of primary amides is 1. The predicted molar refractivity (Wildman–Crippen MR) is 144 cm³/mol. The van der Waals surface area contributed by atoms with Crippen molar-refractivity contribution in [2.75, 3.05) is 20.3 Å². The fourth-order valence-corrected chi connectivity index (χ4v) is 4.16. The number of nitrogens with two attached hydrogens (primary N) is 2. The summed E-state index contributed by atoms with van der Waals surface area (Å²) in [4.78, 5) is 36.3. The van der Waals surface area contributed by atoms with E-state index in [1.165, 1.54) is 7.05 Å². The van der Waals surface area contributed by atoms with Crippen LogP contribution in [0.1, 0.15) is 22.3 Å². The lowest BCUT2D eigenvalue weighted by atomic mass is 9.97. The van der Waals surface area contributed by atoms with Gasteiger partial charge in [0.25, 0.3) is 11.5 Å². The highest BCUT2D eigenvalue weighted by atomic mass is 16.5. The minimum absolute atomic E-state index is 0.129.